The average Bonchev–Trinajstić information content (AvgIpc) is 3.02. The number of hydrogen-bond donors (Lipinski definition) is 1. The molecule has 1 fully saturated rings. The predicted molar refractivity (Wildman–Crippen MR) is 63.0 cm³/mol. The first-order chi connectivity index (χ1) is 8.43. The zero-order valence-corrected chi connectivity index (χ0v) is 9.58. The monoisotopic (exact) mass is 229 g/mol. The lowest BCUT2D eigenvalue weighted by molar-refractivity contribution is 0.241. The molecular formula is C12H15N5. The van der Waals surface area contributed by atoms with Crippen molar-refractivity contribution in [2.45, 2.75) is 25.4 Å². The molecule has 1 aliphatic rings. The minimum atomic E-state index is 0.418. The Morgan fingerprint density at radius 1 is 1.35 bits per heavy atom. The van der Waals surface area contributed by atoms with Gasteiger partial charge in [-0.25, -0.2) is 9.97 Å². The Balaban J connectivity index is 1.76. The first-order valence-electron chi connectivity index (χ1n) is 5.92. The molecule has 1 atom stereocenters. The Morgan fingerprint density at radius 3 is 3.12 bits per heavy atom. The smallest absolute Gasteiger partial charge is 0.115 e. The Labute approximate surface area is 99.9 Å². The molecule has 0 radical (unpaired) electrons. The van der Waals surface area contributed by atoms with Crippen molar-refractivity contribution in [2.75, 3.05) is 6.54 Å². The number of nitrogens with zero attached hydrogens (tertiary/aromatic N) is 4. The van der Waals surface area contributed by atoms with Crippen molar-refractivity contribution in [1.82, 2.24) is 25.1 Å². The fourth-order valence-corrected chi connectivity index (χ4v) is 2.44. The first-order valence-corrected chi connectivity index (χ1v) is 5.92. The van der Waals surface area contributed by atoms with Gasteiger partial charge in [0.1, 0.15) is 6.33 Å². The van der Waals surface area contributed by atoms with Crippen molar-refractivity contribution >= 4 is 0 Å². The third-order valence-electron chi connectivity index (χ3n) is 3.24. The van der Waals surface area contributed by atoms with Crippen LogP contribution in [-0.2, 0) is 6.54 Å². The van der Waals surface area contributed by atoms with Gasteiger partial charge >= 0.3 is 0 Å². The van der Waals surface area contributed by atoms with Gasteiger partial charge < -0.3 is 0 Å². The number of aromatic nitrogens is 4. The van der Waals surface area contributed by atoms with Crippen LogP contribution in [0.2, 0.25) is 0 Å². The van der Waals surface area contributed by atoms with Crippen LogP contribution in [0.5, 0.6) is 0 Å². The highest BCUT2D eigenvalue weighted by Crippen LogP contribution is 2.31. The lowest BCUT2D eigenvalue weighted by atomic mass is 10.1. The molecule has 3 heterocycles. The molecule has 0 aromatic carbocycles. The Kier molecular flexibility index (Phi) is 2.83. The number of nitrogens with one attached hydrogen (secondary N) is 1. The molecule has 1 saturated heterocycles. The molecule has 3 rings (SSSR count). The summed E-state index contributed by atoms with van der Waals surface area (Å²) in [4.78, 5) is 10.8. The highest BCUT2D eigenvalue weighted by Gasteiger charge is 2.27. The van der Waals surface area contributed by atoms with Gasteiger partial charge in [0.2, 0.25) is 0 Å². The molecule has 5 nitrogen and oxygen atoms in total. The zero-order valence-electron chi connectivity index (χ0n) is 9.58. The van der Waals surface area contributed by atoms with E-state index >= 15 is 0 Å². The molecule has 5 heteroatoms. The van der Waals surface area contributed by atoms with Crippen molar-refractivity contribution in [3.63, 3.8) is 0 Å². The van der Waals surface area contributed by atoms with Crippen LogP contribution in [0.25, 0.3) is 0 Å². The summed E-state index contributed by atoms with van der Waals surface area (Å²) in [5, 5.41) is 7.00. The van der Waals surface area contributed by atoms with E-state index in [0.29, 0.717) is 6.04 Å². The Bertz CT molecular complexity index is 453. The minimum Gasteiger partial charge on any atom is -0.289 e. The summed E-state index contributed by atoms with van der Waals surface area (Å²) < 4.78 is 0. The summed E-state index contributed by atoms with van der Waals surface area (Å²) >= 11 is 0. The first kappa shape index (κ1) is 10.4. The van der Waals surface area contributed by atoms with E-state index in [4.69, 9.17) is 0 Å². The summed E-state index contributed by atoms with van der Waals surface area (Å²) in [7, 11) is 0. The summed E-state index contributed by atoms with van der Waals surface area (Å²) in [6.07, 6.45) is 7.64. The van der Waals surface area contributed by atoms with E-state index in [2.05, 4.69) is 25.1 Å². The molecule has 2 aromatic rings. The van der Waals surface area contributed by atoms with Crippen molar-refractivity contribution in [3.05, 3.63) is 42.2 Å². The molecular weight excluding hydrogens is 214 g/mol. The van der Waals surface area contributed by atoms with E-state index in [1.807, 2.05) is 18.3 Å². The van der Waals surface area contributed by atoms with E-state index in [1.54, 1.807) is 12.5 Å². The second-order valence-electron chi connectivity index (χ2n) is 4.34. The van der Waals surface area contributed by atoms with E-state index in [0.717, 1.165) is 24.5 Å². The van der Waals surface area contributed by atoms with Gasteiger partial charge in [-0.15, -0.1) is 0 Å². The topological polar surface area (TPSA) is 57.7 Å². The lowest BCUT2D eigenvalue weighted by Gasteiger charge is -2.22. The fourth-order valence-electron chi connectivity index (χ4n) is 2.44. The Morgan fingerprint density at radius 2 is 2.35 bits per heavy atom. The molecule has 1 unspecified atom stereocenters. The molecule has 0 spiro atoms. The minimum absolute atomic E-state index is 0.418. The maximum Gasteiger partial charge on any atom is 0.115 e. The van der Waals surface area contributed by atoms with Gasteiger partial charge in [-0.05, 0) is 31.5 Å². The summed E-state index contributed by atoms with van der Waals surface area (Å²) in [5.74, 6) is 0. The van der Waals surface area contributed by atoms with Gasteiger partial charge in [-0.3, -0.25) is 10.00 Å². The molecule has 0 saturated carbocycles. The predicted octanol–water partition coefficient (Wildman–Crippen LogP) is 1.54. The molecule has 2 aromatic heterocycles. The van der Waals surface area contributed by atoms with Crippen molar-refractivity contribution in [2.24, 2.45) is 0 Å². The molecule has 0 aliphatic carbocycles. The number of hydrogen-bond acceptors (Lipinski definition) is 4. The number of H-pyrrole nitrogens is 1. The molecule has 0 amide bonds. The number of likely N-dealkylation sites (tertiary alicyclic amines) is 1. The highest BCUT2D eigenvalue weighted by molar-refractivity contribution is 5.08. The molecule has 17 heavy (non-hydrogen) atoms. The second kappa shape index (κ2) is 4.63. The van der Waals surface area contributed by atoms with Crippen LogP contribution < -0.4 is 0 Å². The van der Waals surface area contributed by atoms with E-state index in [1.165, 1.54) is 12.8 Å². The molecule has 0 bridgehead atoms. The van der Waals surface area contributed by atoms with Crippen LogP contribution >= 0.6 is 0 Å². The lowest BCUT2D eigenvalue weighted by Crippen LogP contribution is -2.23. The third kappa shape index (κ3) is 2.19. The maximum absolute atomic E-state index is 4.36. The third-order valence-corrected chi connectivity index (χ3v) is 3.24. The highest BCUT2D eigenvalue weighted by atomic mass is 15.2. The van der Waals surface area contributed by atoms with Gasteiger partial charge in [0.25, 0.3) is 0 Å². The SMILES string of the molecule is c1cc(C2CCCN2Cc2ccn[nH]2)ncn1. The number of aromatic amines is 1. The molecule has 1 N–H and O–H groups in total. The van der Waals surface area contributed by atoms with Gasteiger partial charge in [0.05, 0.1) is 11.7 Å². The van der Waals surface area contributed by atoms with Crippen LogP contribution in [-0.4, -0.2) is 31.6 Å². The van der Waals surface area contributed by atoms with Gasteiger partial charge in [0.15, 0.2) is 0 Å². The molecule has 88 valence electrons. The van der Waals surface area contributed by atoms with Crippen molar-refractivity contribution < 1.29 is 0 Å². The standard InChI is InChI=1S/C12H15N5/c1-2-12(11-4-5-13-9-14-11)17(7-1)8-10-3-6-15-16-10/h3-6,9,12H,1-2,7-8H2,(H,15,16). The van der Waals surface area contributed by atoms with Gasteiger partial charge in [-0.2, -0.15) is 5.10 Å². The fraction of sp³-hybridized carbons (Fsp3) is 0.417. The zero-order chi connectivity index (χ0) is 11.5. The van der Waals surface area contributed by atoms with Crippen LogP contribution in [0.15, 0.2) is 30.9 Å². The summed E-state index contributed by atoms with van der Waals surface area (Å²) in [6.45, 7) is 2.03. The second-order valence-corrected chi connectivity index (χ2v) is 4.34. The van der Waals surface area contributed by atoms with Crippen LogP contribution in [0.3, 0.4) is 0 Å². The van der Waals surface area contributed by atoms with Crippen LogP contribution in [0.1, 0.15) is 30.3 Å². The Hall–Kier alpha value is -1.75. The normalized spacial score (nSPS) is 20.8. The van der Waals surface area contributed by atoms with Crippen molar-refractivity contribution in [1.29, 1.82) is 0 Å². The summed E-state index contributed by atoms with van der Waals surface area (Å²) in [5.41, 5.74) is 2.28. The largest absolute Gasteiger partial charge is 0.289 e. The van der Waals surface area contributed by atoms with Gasteiger partial charge in [-0.1, -0.05) is 0 Å². The van der Waals surface area contributed by atoms with Crippen molar-refractivity contribution in [3.8, 4) is 0 Å². The quantitative estimate of drug-likeness (QED) is 0.867. The van der Waals surface area contributed by atoms with Gasteiger partial charge in [0, 0.05) is 24.6 Å². The average molecular weight is 229 g/mol. The molecule has 1 aliphatic heterocycles. The summed E-state index contributed by atoms with van der Waals surface area (Å²) in [6, 6.07) is 4.45. The van der Waals surface area contributed by atoms with Crippen LogP contribution in [0.4, 0.5) is 0 Å². The number of rotatable bonds is 3. The van der Waals surface area contributed by atoms with Crippen LogP contribution in [0, 0.1) is 0 Å². The maximum atomic E-state index is 4.36. The van der Waals surface area contributed by atoms with E-state index in [9.17, 15) is 0 Å². The van der Waals surface area contributed by atoms with E-state index in [-0.39, 0.29) is 0 Å². The van der Waals surface area contributed by atoms with E-state index < -0.39 is 0 Å².